The summed E-state index contributed by atoms with van der Waals surface area (Å²) in [6, 6.07) is 27.2. The second-order valence-corrected chi connectivity index (χ2v) is 12.0. The van der Waals surface area contributed by atoms with Crippen molar-refractivity contribution in [3.63, 3.8) is 0 Å². The van der Waals surface area contributed by atoms with E-state index in [1.165, 1.54) is 0 Å². The summed E-state index contributed by atoms with van der Waals surface area (Å²) in [7, 11) is 0. The van der Waals surface area contributed by atoms with Crippen LogP contribution in [0.5, 0.6) is 23.0 Å². The van der Waals surface area contributed by atoms with Gasteiger partial charge in [-0.25, -0.2) is 0 Å². The second kappa shape index (κ2) is 11.7. The van der Waals surface area contributed by atoms with Crippen LogP contribution in [0.4, 0.5) is 0 Å². The van der Waals surface area contributed by atoms with Crippen molar-refractivity contribution in [2.24, 2.45) is 10.8 Å². The van der Waals surface area contributed by atoms with Crippen LogP contribution in [-0.4, -0.2) is 22.6 Å². The van der Waals surface area contributed by atoms with Crippen LogP contribution in [0.1, 0.15) is 42.9 Å². The third kappa shape index (κ3) is 6.17. The zero-order valence-corrected chi connectivity index (χ0v) is 26.4. The minimum Gasteiger partial charge on any atom is -0.512 e. The van der Waals surface area contributed by atoms with Crippen molar-refractivity contribution in [2.75, 3.05) is 0 Å². The number of nitrogens with zero attached hydrogens (tertiary/aromatic N) is 1. The first kappa shape index (κ1) is 28.8. The van der Waals surface area contributed by atoms with Crippen LogP contribution in [0.2, 0.25) is 0 Å². The molecule has 5 nitrogen and oxygen atoms in total. The van der Waals surface area contributed by atoms with Gasteiger partial charge in [0.2, 0.25) is 6.71 Å². The fraction of sp³-hybridized carbons (Fsp3) is 0.235. The van der Waals surface area contributed by atoms with Gasteiger partial charge in [0.1, 0.15) is 17.3 Å². The van der Waals surface area contributed by atoms with Crippen molar-refractivity contribution in [1.29, 1.82) is 0 Å². The predicted molar refractivity (Wildman–Crippen MR) is 161 cm³/mol. The summed E-state index contributed by atoms with van der Waals surface area (Å²) in [4.78, 5) is 16.2. The van der Waals surface area contributed by atoms with Crippen LogP contribution in [0.15, 0.2) is 90.8 Å². The average Bonchev–Trinajstić information content (AvgIpc) is 2.95. The number of allylic oxidation sites excluding steroid dienone is 2. The number of aliphatic hydroxyl groups is 1. The largest absolute Gasteiger partial charge is 0.512 e. The molecule has 0 aliphatic carbocycles. The van der Waals surface area contributed by atoms with Gasteiger partial charge in [0.05, 0.1) is 1.37 Å². The zero-order chi connectivity index (χ0) is 29.5. The molecule has 0 saturated carbocycles. The number of pyridine rings is 1. The van der Waals surface area contributed by atoms with Crippen molar-refractivity contribution >= 4 is 28.9 Å². The SMILES string of the molecule is [2H]/C(C(=O)C(C)(C)C)=C(/O)C(C)(C)C.[Ir].[c-]1cc2c3c(c1-c1ccccn1)Oc1ccccc1B3c1ccccc1O2. The summed E-state index contributed by atoms with van der Waals surface area (Å²) in [6.45, 7) is 10.6. The Hall–Kier alpha value is -3.67. The molecule has 0 spiro atoms. The standard InChI is InChI=1S/C23H13BNO2.C11H20O2.Ir/c1-3-10-19-16(7-1)24-17-8-2-4-11-20(17)27-23-15(18-9-5-6-14-25-18)12-13-21(26-19)22(23)24;1-10(2,3)8(12)7-9(13)11(4,5)6;/h1-11,13-14H;7,12H,1-6H3;/q-1;;/b;8-7-;/i;7D;. The second-order valence-electron chi connectivity index (χ2n) is 12.0. The van der Waals surface area contributed by atoms with E-state index in [0.717, 1.165) is 50.6 Å². The maximum absolute atomic E-state index is 11.6. The minimum absolute atomic E-state index is 0. The van der Waals surface area contributed by atoms with Gasteiger partial charge in [-0.2, -0.15) is 0 Å². The number of para-hydroxylation sites is 2. The summed E-state index contributed by atoms with van der Waals surface area (Å²) in [5.41, 5.74) is 3.89. The van der Waals surface area contributed by atoms with Crippen molar-refractivity contribution in [2.45, 2.75) is 41.5 Å². The maximum atomic E-state index is 11.6. The van der Waals surface area contributed by atoms with Gasteiger partial charge < -0.3 is 19.6 Å². The Labute approximate surface area is 257 Å². The first-order valence-electron chi connectivity index (χ1n) is 13.9. The van der Waals surface area contributed by atoms with Gasteiger partial charge in [0, 0.05) is 54.7 Å². The molecule has 1 N–H and O–H groups in total. The molecule has 0 atom stereocenters. The summed E-state index contributed by atoms with van der Waals surface area (Å²) >= 11 is 0. The molecular weight excluding hydrogens is 689 g/mol. The Morgan fingerprint density at radius 1 is 0.878 bits per heavy atom. The number of hydrogen-bond donors (Lipinski definition) is 1. The van der Waals surface area contributed by atoms with E-state index in [9.17, 15) is 9.90 Å². The summed E-state index contributed by atoms with van der Waals surface area (Å²) < 4.78 is 20.1. The molecule has 1 radical (unpaired) electrons. The first-order chi connectivity index (χ1) is 19.4. The zero-order valence-electron chi connectivity index (χ0n) is 25.0. The van der Waals surface area contributed by atoms with E-state index in [-0.39, 0.29) is 44.4 Å². The van der Waals surface area contributed by atoms with Crippen molar-refractivity contribution < 1.29 is 40.9 Å². The Morgan fingerprint density at radius 2 is 1.46 bits per heavy atom. The molecule has 0 amide bonds. The number of aliphatic hydroxyl groups excluding tert-OH is 1. The number of benzene rings is 3. The predicted octanol–water partition coefficient (Wildman–Crippen LogP) is 6.36. The Balaban J connectivity index is 0.000000234. The number of ether oxygens (including phenoxy) is 2. The van der Waals surface area contributed by atoms with Crippen LogP contribution >= 0.6 is 0 Å². The van der Waals surface area contributed by atoms with Crippen LogP contribution in [0.3, 0.4) is 0 Å². The number of fused-ring (bicyclic) bond motifs is 4. The molecule has 2 aliphatic heterocycles. The van der Waals surface area contributed by atoms with Crippen LogP contribution in [0, 0.1) is 16.9 Å². The topological polar surface area (TPSA) is 68.7 Å². The molecule has 6 rings (SSSR count). The molecular formula is C34H33BIrNO4-. The molecule has 2 aliphatic rings. The molecule has 1 aromatic heterocycles. The quantitative estimate of drug-likeness (QED) is 0.0976. The first-order valence-corrected chi connectivity index (χ1v) is 13.4. The van der Waals surface area contributed by atoms with E-state index in [0.29, 0.717) is 0 Å². The number of carbonyl (C=O) groups is 1. The number of hydrogen-bond acceptors (Lipinski definition) is 5. The molecule has 3 heterocycles. The minimum atomic E-state index is -0.615. The molecule has 0 fully saturated rings. The summed E-state index contributed by atoms with van der Waals surface area (Å²) in [5.74, 6) is 2.86. The fourth-order valence-corrected chi connectivity index (χ4v) is 4.51. The van der Waals surface area contributed by atoms with E-state index < -0.39 is 10.8 Å². The smallest absolute Gasteiger partial charge is 0.239 e. The van der Waals surface area contributed by atoms with Crippen molar-refractivity contribution in [1.82, 2.24) is 4.98 Å². The molecule has 0 saturated heterocycles. The molecule has 7 heteroatoms. The van der Waals surface area contributed by atoms with Crippen molar-refractivity contribution in [3.8, 4) is 34.3 Å². The third-order valence-corrected chi connectivity index (χ3v) is 6.81. The van der Waals surface area contributed by atoms with Gasteiger partial charge in [-0.1, -0.05) is 101 Å². The van der Waals surface area contributed by atoms with Gasteiger partial charge in [0.25, 0.3) is 0 Å². The van der Waals surface area contributed by atoms with E-state index in [1.54, 1.807) is 47.7 Å². The summed E-state index contributed by atoms with van der Waals surface area (Å²) in [5, 5.41) is 9.66. The summed E-state index contributed by atoms with van der Waals surface area (Å²) in [6.07, 6.45) is 1.79. The van der Waals surface area contributed by atoms with Crippen LogP contribution in [0.25, 0.3) is 11.3 Å². The normalized spacial score (nSPS) is 13.7. The molecule has 41 heavy (non-hydrogen) atoms. The van der Waals surface area contributed by atoms with Gasteiger partial charge in [0.15, 0.2) is 5.78 Å². The molecule has 3 aromatic carbocycles. The van der Waals surface area contributed by atoms with Crippen LogP contribution in [-0.2, 0) is 24.9 Å². The average molecular weight is 724 g/mol. The van der Waals surface area contributed by atoms with Gasteiger partial charge in [-0.3, -0.25) is 4.79 Å². The molecule has 0 unspecified atom stereocenters. The monoisotopic (exact) mass is 724 g/mol. The Bertz CT molecular complexity index is 1650. The Kier molecular flexibility index (Phi) is 8.21. The maximum Gasteiger partial charge on any atom is 0.239 e. The van der Waals surface area contributed by atoms with E-state index in [4.69, 9.17) is 10.8 Å². The van der Waals surface area contributed by atoms with Crippen LogP contribution < -0.4 is 25.9 Å². The Morgan fingerprint density at radius 3 is 2.02 bits per heavy atom. The van der Waals surface area contributed by atoms with E-state index in [2.05, 4.69) is 35.3 Å². The molecule has 4 aromatic rings. The van der Waals surface area contributed by atoms with E-state index in [1.807, 2.05) is 48.5 Å². The van der Waals surface area contributed by atoms with E-state index >= 15 is 0 Å². The number of aromatic nitrogens is 1. The number of rotatable bonds is 2. The van der Waals surface area contributed by atoms with Gasteiger partial charge >= 0.3 is 0 Å². The molecule has 0 bridgehead atoms. The number of ketones is 1. The van der Waals surface area contributed by atoms with Crippen molar-refractivity contribution in [3.05, 3.63) is 96.9 Å². The fourth-order valence-electron chi connectivity index (χ4n) is 4.51. The third-order valence-electron chi connectivity index (χ3n) is 6.81. The molecule has 211 valence electrons. The van der Waals surface area contributed by atoms with Gasteiger partial charge in [-0.15, -0.1) is 12.1 Å². The number of carbonyl (C=O) groups excluding carboxylic acids is 1. The van der Waals surface area contributed by atoms with Gasteiger partial charge in [-0.05, 0) is 34.8 Å².